The van der Waals surface area contributed by atoms with Crippen LogP contribution in [0.15, 0.2) is 36.9 Å². The molecule has 5 rings (SSSR count). The van der Waals surface area contributed by atoms with E-state index in [-0.39, 0.29) is 59.2 Å². The number of rotatable bonds is 8. The van der Waals surface area contributed by atoms with Gasteiger partial charge in [0.15, 0.2) is 5.69 Å². The molecule has 39 heavy (non-hydrogen) atoms. The van der Waals surface area contributed by atoms with E-state index in [9.17, 15) is 18.4 Å². The van der Waals surface area contributed by atoms with Crippen LogP contribution >= 0.6 is 23.1 Å². The van der Waals surface area contributed by atoms with Gasteiger partial charge in [-0.2, -0.15) is 4.37 Å². The first-order valence-electron chi connectivity index (χ1n) is 13.2. The van der Waals surface area contributed by atoms with Gasteiger partial charge in [0, 0.05) is 6.42 Å². The van der Waals surface area contributed by atoms with Crippen molar-refractivity contribution in [3.05, 3.63) is 64.6 Å². The fraction of sp³-hybridized carbons (Fsp3) is 0.414. The Labute approximate surface area is 235 Å². The highest BCUT2D eigenvalue weighted by atomic mass is 35.5. The standard InChI is InChI=1S/C29H30ClF2N3O3S/c1-2-17-12-24(33-29(37)28-27-23(32)9-6-10-25(27)39-34-28)22(30)11-18(17)13-26(36)35-15-19(31)14-20(35)16-38-21-7-4-3-5-8-21/h2,6,9-12,19-21H,1,3-5,7-8,13-16H2,(H,33,37)/t19-,20-/m0/s1. The first-order chi connectivity index (χ1) is 18.8. The summed E-state index contributed by atoms with van der Waals surface area (Å²) in [5.74, 6) is -1.34. The number of amides is 2. The normalized spacial score (nSPS) is 19.9. The van der Waals surface area contributed by atoms with Gasteiger partial charge in [-0.3, -0.25) is 9.59 Å². The lowest BCUT2D eigenvalue weighted by Gasteiger charge is -2.28. The van der Waals surface area contributed by atoms with Crippen LogP contribution in [0.25, 0.3) is 16.2 Å². The van der Waals surface area contributed by atoms with E-state index in [1.165, 1.54) is 12.5 Å². The maximum absolute atomic E-state index is 14.4. The maximum atomic E-state index is 14.4. The Morgan fingerprint density at radius 3 is 2.82 bits per heavy atom. The van der Waals surface area contributed by atoms with Crippen LogP contribution in [0.1, 0.15) is 60.1 Å². The van der Waals surface area contributed by atoms with Gasteiger partial charge < -0.3 is 15.0 Å². The summed E-state index contributed by atoms with van der Waals surface area (Å²) in [7, 11) is 0. The number of anilines is 1. The molecule has 0 unspecified atom stereocenters. The number of hydrogen-bond acceptors (Lipinski definition) is 5. The van der Waals surface area contributed by atoms with Crippen molar-refractivity contribution in [2.45, 2.75) is 63.3 Å². The summed E-state index contributed by atoms with van der Waals surface area (Å²) < 4.78 is 39.5. The Bertz CT molecular complexity index is 1390. The Balaban J connectivity index is 1.29. The maximum Gasteiger partial charge on any atom is 0.276 e. The van der Waals surface area contributed by atoms with Crippen molar-refractivity contribution in [2.24, 2.45) is 0 Å². The molecule has 1 saturated carbocycles. The Morgan fingerprint density at radius 1 is 1.26 bits per heavy atom. The SMILES string of the molecule is C=Cc1cc(NC(=O)c2nsc3cccc(F)c23)c(Cl)cc1CC(=O)N1C[C@@H](F)C[C@H]1COC1CCCCC1. The lowest BCUT2D eigenvalue weighted by molar-refractivity contribution is -0.133. The molecule has 2 aliphatic rings. The van der Waals surface area contributed by atoms with Crippen molar-refractivity contribution in [1.82, 2.24) is 9.27 Å². The molecule has 0 bridgehead atoms. The number of likely N-dealkylation sites (tertiary alicyclic amines) is 1. The molecule has 2 atom stereocenters. The Kier molecular flexibility index (Phi) is 8.59. The van der Waals surface area contributed by atoms with Gasteiger partial charge in [-0.05, 0) is 59.8 Å². The second-order valence-corrected chi connectivity index (χ2v) is 11.3. The molecule has 1 aromatic heterocycles. The number of carbonyl (C=O) groups is 2. The van der Waals surface area contributed by atoms with Gasteiger partial charge in [-0.25, -0.2) is 8.78 Å². The van der Waals surface area contributed by atoms with Gasteiger partial charge in [-0.1, -0.05) is 49.6 Å². The summed E-state index contributed by atoms with van der Waals surface area (Å²) >= 11 is 7.53. The van der Waals surface area contributed by atoms with E-state index in [2.05, 4.69) is 16.3 Å². The first-order valence-corrected chi connectivity index (χ1v) is 14.3. The summed E-state index contributed by atoms with van der Waals surface area (Å²) in [5.41, 5.74) is 1.47. The van der Waals surface area contributed by atoms with Crippen LogP contribution in [0.3, 0.4) is 0 Å². The number of aromatic nitrogens is 1. The molecule has 2 fully saturated rings. The topological polar surface area (TPSA) is 71.5 Å². The summed E-state index contributed by atoms with van der Waals surface area (Å²) in [6.07, 6.45) is 6.46. The van der Waals surface area contributed by atoms with E-state index in [4.69, 9.17) is 16.3 Å². The number of alkyl halides is 1. The molecular weight excluding hydrogens is 544 g/mol. The number of nitrogens with one attached hydrogen (secondary N) is 1. The van der Waals surface area contributed by atoms with Crippen LogP contribution in [-0.4, -0.2) is 52.6 Å². The third-order valence-corrected chi connectivity index (χ3v) is 8.58. The third-order valence-electron chi connectivity index (χ3n) is 7.46. The number of halogens is 3. The number of carbonyl (C=O) groups excluding carboxylic acids is 2. The van der Waals surface area contributed by atoms with E-state index >= 15 is 0 Å². The molecular formula is C29H30ClF2N3O3S. The summed E-state index contributed by atoms with van der Waals surface area (Å²) in [6.45, 7) is 4.21. The van der Waals surface area contributed by atoms with Gasteiger partial charge >= 0.3 is 0 Å². The zero-order chi connectivity index (χ0) is 27.5. The molecule has 6 nitrogen and oxygen atoms in total. The molecule has 1 saturated heterocycles. The molecule has 1 aliphatic carbocycles. The zero-order valence-electron chi connectivity index (χ0n) is 21.4. The smallest absolute Gasteiger partial charge is 0.276 e. The molecule has 0 spiro atoms. The van der Waals surface area contributed by atoms with E-state index in [0.717, 1.165) is 37.2 Å². The van der Waals surface area contributed by atoms with Crippen molar-refractivity contribution >= 4 is 56.8 Å². The van der Waals surface area contributed by atoms with Gasteiger partial charge in [-0.15, -0.1) is 0 Å². The second kappa shape index (κ2) is 12.1. The molecule has 2 aromatic carbocycles. The molecule has 0 radical (unpaired) electrons. The highest BCUT2D eigenvalue weighted by molar-refractivity contribution is 7.13. The summed E-state index contributed by atoms with van der Waals surface area (Å²) in [4.78, 5) is 27.8. The highest BCUT2D eigenvalue weighted by Gasteiger charge is 2.36. The average molecular weight is 574 g/mol. The lowest BCUT2D eigenvalue weighted by atomic mass is 9.98. The second-order valence-electron chi connectivity index (χ2n) is 10.1. The highest BCUT2D eigenvalue weighted by Crippen LogP contribution is 2.31. The van der Waals surface area contributed by atoms with Gasteiger partial charge in [0.05, 0.1) is 52.5 Å². The van der Waals surface area contributed by atoms with Gasteiger partial charge in [0.25, 0.3) is 5.91 Å². The van der Waals surface area contributed by atoms with E-state index < -0.39 is 17.9 Å². The van der Waals surface area contributed by atoms with E-state index in [1.54, 1.807) is 35.2 Å². The van der Waals surface area contributed by atoms with Crippen molar-refractivity contribution in [3.8, 4) is 0 Å². The van der Waals surface area contributed by atoms with E-state index in [0.29, 0.717) is 22.4 Å². The fourth-order valence-corrected chi connectivity index (χ4v) is 6.45. The first kappa shape index (κ1) is 27.7. The van der Waals surface area contributed by atoms with Gasteiger partial charge in [0.1, 0.15) is 12.0 Å². The van der Waals surface area contributed by atoms with Crippen LogP contribution in [-0.2, 0) is 16.0 Å². The molecule has 2 amide bonds. The van der Waals surface area contributed by atoms with E-state index in [1.807, 2.05) is 0 Å². The molecule has 3 aromatic rings. The van der Waals surface area contributed by atoms with Crippen LogP contribution < -0.4 is 5.32 Å². The number of fused-ring (bicyclic) bond motifs is 1. The summed E-state index contributed by atoms with van der Waals surface area (Å²) in [6, 6.07) is 7.45. The molecule has 2 heterocycles. The monoisotopic (exact) mass is 573 g/mol. The van der Waals surface area contributed by atoms with Crippen molar-refractivity contribution in [2.75, 3.05) is 18.5 Å². The predicted molar refractivity (Wildman–Crippen MR) is 151 cm³/mol. The van der Waals surface area contributed by atoms with Crippen LogP contribution in [0.2, 0.25) is 5.02 Å². The molecule has 10 heteroatoms. The summed E-state index contributed by atoms with van der Waals surface area (Å²) in [5, 5.41) is 3.06. The van der Waals surface area contributed by atoms with Crippen molar-refractivity contribution in [1.29, 1.82) is 0 Å². The van der Waals surface area contributed by atoms with Crippen LogP contribution in [0.4, 0.5) is 14.5 Å². The fourth-order valence-electron chi connectivity index (χ4n) is 5.42. The quantitative estimate of drug-likeness (QED) is 0.321. The number of nitrogens with zero attached hydrogens (tertiary/aromatic N) is 2. The Morgan fingerprint density at radius 2 is 2.05 bits per heavy atom. The molecule has 1 aliphatic heterocycles. The minimum Gasteiger partial charge on any atom is -0.376 e. The molecule has 206 valence electrons. The largest absolute Gasteiger partial charge is 0.376 e. The minimum absolute atomic E-state index is 0.00385. The predicted octanol–water partition coefficient (Wildman–Crippen LogP) is 6.81. The number of benzene rings is 2. The lowest BCUT2D eigenvalue weighted by Crippen LogP contribution is -2.40. The van der Waals surface area contributed by atoms with Crippen molar-refractivity contribution < 1.29 is 23.1 Å². The van der Waals surface area contributed by atoms with Crippen LogP contribution in [0, 0.1) is 5.82 Å². The number of hydrogen-bond donors (Lipinski definition) is 1. The zero-order valence-corrected chi connectivity index (χ0v) is 23.0. The Hall–Kier alpha value is -2.88. The average Bonchev–Trinajstić information content (AvgIpc) is 3.54. The minimum atomic E-state index is -1.08. The van der Waals surface area contributed by atoms with Crippen LogP contribution in [0.5, 0.6) is 0 Å². The van der Waals surface area contributed by atoms with Crippen molar-refractivity contribution in [3.63, 3.8) is 0 Å². The third kappa shape index (κ3) is 6.15. The molecule has 1 N–H and O–H groups in total. The van der Waals surface area contributed by atoms with Gasteiger partial charge in [0.2, 0.25) is 5.91 Å². The number of ether oxygens (including phenoxy) is 1.